The van der Waals surface area contributed by atoms with Gasteiger partial charge in [-0.2, -0.15) is 10.2 Å². The summed E-state index contributed by atoms with van der Waals surface area (Å²) in [6.45, 7) is 0. The summed E-state index contributed by atoms with van der Waals surface area (Å²) in [6.07, 6.45) is 0.548. The van der Waals surface area contributed by atoms with Gasteiger partial charge in [0.1, 0.15) is 5.84 Å². The SMILES string of the molecule is COC(=O)c1csc(-n2nc(-c3ccccc3)c(Cc3ccc(S(N)(=O)=O)cc3)c2C/C(=N/N)NN)n1. The van der Waals surface area contributed by atoms with E-state index in [0.29, 0.717) is 22.9 Å². The largest absolute Gasteiger partial charge is 0.464 e. The van der Waals surface area contributed by atoms with Crippen molar-refractivity contribution in [2.24, 2.45) is 21.9 Å². The number of nitrogens with two attached hydrogens (primary N) is 3. The van der Waals surface area contributed by atoms with Crippen molar-refractivity contribution in [3.05, 3.63) is 82.5 Å². The van der Waals surface area contributed by atoms with Gasteiger partial charge in [0.05, 0.1) is 29.8 Å². The standard InChI is InChI=1S/C23H24N8O4S2/c1-35-22(32)18-13-36-23(27-18)31-19(12-20(28-24)29-25)17(21(30-31)15-5-3-2-4-6-15)11-14-7-9-16(10-8-14)37(26,33)34/h2-10,13H,11-12,24-25H2,1H3,(H,28,29)(H2,26,33,34). The maximum absolute atomic E-state index is 12.0. The fourth-order valence-electron chi connectivity index (χ4n) is 3.69. The molecule has 0 aliphatic heterocycles. The molecular formula is C23H24N8O4S2. The van der Waals surface area contributed by atoms with Gasteiger partial charge in [-0.15, -0.1) is 11.3 Å². The number of amidine groups is 1. The van der Waals surface area contributed by atoms with Crippen molar-refractivity contribution >= 4 is 33.2 Å². The zero-order chi connectivity index (χ0) is 26.6. The van der Waals surface area contributed by atoms with E-state index in [0.717, 1.165) is 16.7 Å². The molecule has 0 spiro atoms. The van der Waals surface area contributed by atoms with Gasteiger partial charge in [-0.3, -0.25) is 0 Å². The average molecular weight is 541 g/mol. The van der Waals surface area contributed by atoms with E-state index < -0.39 is 16.0 Å². The number of nitrogens with zero attached hydrogens (tertiary/aromatic N) is 4. The molecule has 0 radical (unpaired) electrons. The van der Waals surface area contributed by atoms with Crippen LogP contribution in [0.2, 0.25) is 0 Å². The number of aromatic nitrogens is 3. The van der Waals surface area contributed by atoms with Crippen LogP contribution >= 0.6 is 11.3 Å². The lowest BCUT2D eigenvalue weighted by atomic mass is 9.97. The summed E-state index contributed by atoms with van der Waals surface area (Å²) in [4.78, 5) is 16.4. The van der Waals surface area contributed by atoms with E-state index >= 15 is 0 Å². The zero-order valence-corrected chi connectivity index (χ0v) is 21.3. The van der Waals surface area contributed by atoms with E-state index in [1.54, 1.807) is 22.2 Å². The van der Waals surface area contributed by atoms with Gasteiger partial charge in [0, 0.05) is 22.9 Å². The van der Waals surface area contributed by atoms with E-state index in [2.05, 4.69) is 15.5 Å². The molecule has 0 saturated heterocycles. The van der Waals surface area contributed by atoms with Crippen LogP contribution in [0.4, 0.5) is 0 Å². The van der Waals surface area contributed by atoms with Gasteiger partial charge in [-0.1, -0.05) is 42.5 Å². The number of carbonyl (C=O) groups excluding carboxylic acids is 1. The molecule has 37 heavy (non-hydrogen) atoms. The molecule has 2 aromatic heterocycles. The number of carbonyl (C=O) groups is 1. The first-order valence-corrected chi connectivity index (χ1v) is 13.2. The van der Waals surface area contributed by atoms with Crippen LogP contribution in [0.5, 0.6) is 0 Å². The van der Waals surface area contributed by atoms with E-state index in [9.17, 15) is 13.2 Å². The zero-order valence-electron chi connectivity index (χ0n) is 19.7. The molecule has 0 unspecified atom stereocenters. The third-order valence-corrected chi connectivity index (χ3v) is 7.24. The highest BCUT2D eigenvalue weighted by Gasteiger charge is 2.24. The quantitative estimate of drug-likeness (QED) is 0.0837. The first-order valence-electron chi connectivity index (χ1n) is 10.8. The Balaban J connectivity index is 1.91. The second kappa shape index (κ2) is 10.9. The third-order valence-electron chi connectivity index (χ3n) is 5.49. The minimum atomic E-state index is -3.83. The van der Waals surface area contributed by atoms with Gasteiger partial charge >= 0.3 is 5.97 Å². The lowest BCUT2D eigenvalue weighted by Crippen LogP contribution is -2.33. The fourth-order valence-corrected chi connectivity index (χ4v) is 4.98. The number of thiazole rings is 1. The number of nitrogens with one attached hydrogen (secondary N) is 1. The number of hydrazone groups is 1. The van der Waals surface area contributed by atoms with Crippen molar-refractivity contribution in [1.29, 1.82) is 0 Å². The summed E-state index contributed by atoms with van der Waals surface area (Å²) >= 11 is 1.22. The van der Waals surface area contributed by atoms with Gasteiger partial charge in [-0.25, -0.2) is 33.9 Å². The number of hydrazine groups is 1. The number of rotatable bonds is 8. The molecule has 192 valence electrons. The highest BCUT2D eigenvalue weighted by Crippen LogP contribution is 2.31. The average Bonchev–Trinajstić information content (AvgIpc) is 3.52. The molecule has 0 fully saturated rings. The Morgan fingerprint density at radius 3 is 2.46 bits per heavy atom. The Bertz CT molecular complexity index is 1550. The Morgan fingerprint density at radius 2 is 1.86 bits per heavy atom. The molecule has 0 atom stereocenters. The Morgan fingerprint density at radius 1 is 1.16 bits per heavy atom. The van der Waals surface area contributed by atoms with E-state index in [4.69, 9.17) is 26.7 Å². The minimum absolute atomic E-state index is 0.0125. The minimum Gasteiger partial charge on any atom is -0.464 e. The van der Waals surface area contributed by atoms with Crippen LogP contribution in [-0.4, -0.2) is 42.1 Å². The molecule has 0 aliphatic rings. The smallest absolute Gasteiger partial charge is 0.357 e. The Hall–Kier alpha value is -4.11. The topological polar surface area (TPSA) is 194 Å². The normalized spacial score (nSPS) is 11.9. The molecule has 0 aliphatic carbocycles. The van der Waals surface area contributed by atoms with Gasteiger partial charge in [0.2, 0.25) is 15.2 Å². The molecule has 4 aromatic rings. The van der Waals surface area contributed by atoms with Crippen molar-refractivity contribution in [2.45, 2.75) is 17.7 Å². The number of esters is 1. The van der Waals surface area contributed by atoms with E-state index in [1.165, 1.54) is 30.6 Å². The number of hydrogen-bond donors (Lipinski definition) is 4. The summed E-state index contributed by atoms with van der Waals surface area (Å²) in [6, 6.07) is 15.8. The molecule has 0 saturated carbocycles. The molecule has 2 aromatic carbocycles. The van der Waals surface area contributed by atoms with Gasteiger partial charge < -0.3 is 16.0 Å². The Labute approximate surface area is 216 Å². The predicted octanol–water partition coefficient (Wildman–Crippen LogP) is 1.30. The number of hydrogen-bond acceptors (Lipinski definition) is 10. The molecule has 0 amide bonds. The highest BCUT2D eigenvalue weighted by atomic mass is 32.2. The van der Waals surface area contributed by atoms with Crippen molar-refractivity contribution in [3.8, 4) is 16.4 Å². The molecule has 7 N–H and O–H groups in total. The predicted molar refractivity (Wildman–Crippen MR) is 139 cm³/mol. The number of sulfonamides is 1. The van der Waals surface area contributed by atoms with Crippen LogP contribution in [0.1, 0.15) is 27.3 Å². The van der Waals surface area contributed by atoms with E-state index in [1.807, 2.05) is 30.3 Å². The van der Waals surface area contributed by atoms with Crippen LogP contribution in [0.3, 0.4) is 0 Å². The highest BCUT2D eigenvalue weighted by molar-refractivity contribution is 7.89. The molecule has 2 heterocycles. The monoisotopic (exact) mass is 540 g/mol. The molecule has 14 heteroatoms. The van der Waals surface area contributed by atoms with Gasteiger partial charge in [0.15, 0.2) is 5.69 Å². The van der Waals surface area contributed by atoms with Crippen LogP contribution in [0.15, 0.2) is 70.0 Å². The number of benzene rings is 2. The lowest BCUT2D eigenvalue weighted by Gasteiger charge is -2.10. The summed E-state index contributed by atoms with van der Waals surface area (Å²) in [7, 11) is -2.54. The maximum Gasteiger partial charge on any atom is 0.357 e. The molecule has 4 rings (SSSR count). The summed E-state index contributed by atoms with van der Waals surface area (Å²) in [5, 5.41) is 15.8. The first kappa shape index (κ1) is 26.0. The Kier molecular flexibility index (Phi) is 7.63. The lowest BCUT2D eigenvalue weighted by molar-refractivity contribution is 0.0595. The van der Waals surface area contributed by atoms with Crippen LogP contribution in [-0.2, 0) is 27.6 Å². The second-order valence-corrected chi connectivity index (χ2v) is 10.2. The second-order valence-electron chi connectivity index (χ2n) is 7.82. The summed E-state index contributed by atoms with van der Waals surface area (Å²) < 4.78 is 29.8. The number of methoxy groups -OCH3 is 1. The number of primary sulfonamides is 1. The van der Waals surface area contributed by atoms with Gasteiger partial charge in [0.25, 0.3) is 0 Å². The maximum atomic E-state index is 12.0. The fraction of sp³-hybridized carbons (Fsp3) is 0.130. The first-order chi connectivity index (χ1) is 17.7. The van der Waals surface area contributed by atoms with Gasteiger partial charge in [-0.05, 0) is 17.7 Å². The van der Waals surface area contributed by atoms with Crippen LogP contribution < -0.4 is 22.3 Å². The van der Waals surface area contributed by atoms with E-state index in [-0.39, 0.29) is 22.8 Å². The van der Waals surface area contributed by atoms with Crippen LogP contribution in [0, 0.1) is 0 Å². The van der Waals surface area contributed by atoms with Crippen molar-refractivity contribution in [2.75, 3.05) is 7.11 Å². The molecule has 0 bridgehead atoms. The molecule has 12 nitrogen and oxygen atoms in total. The summed E-state index contributed by atoms with van der Waals surface area (Å²) in [5.41, 5.74) is 6.43. The van der Waals surface area contributed by atoms with Crippen molar-refractivity contribution < 1.29 is 17.9 Å². The third kappa shape index (κ3) is 5.67. The number of ether oxygens (including phenoxy) is 1. The molecular weight excluding hydrogens is 516 g/mol. The van der Waals surface area contributed by atoms with Crippen molar-refractivity contribution in [1.82, 2.24) is 20.2 Å². The van der Waals surface area contributed by atoms with Crippen molar-refractivity contribution in [3.63, 3.8) is 0 Å². The van der Waals surface area contributed by atoms with Crippen LogP contribution in [0.25, 0.3) is 16.4 Å². The summed E-state index contributed by atoms with van der Waals surface area (Å²) in [5.74, 6) is 10.9.